The number of benzene rings is 1. The molecule has 0 saturated carbocycles. The zero-order valence-corrected chi connectivity index (χ0v) is 11.3. The van der Waals surface area contributed by atoms with E-state index in [-0.39, 0.29) is 5.92 Å². The molecule has 3 heteroatoms. The Kier molecular flexibility index (Phi) is 4.54. The predicted octanol–water partition coefficient (Wildman–Crippen LogP) is 4.43. The number of nitriles is 2. The first kappa shape index (κ1) is 14.3. The largest absolute Gasteiger partial charge is 0.197 e. The second kappa shape index (κ2) is 5.71. The fraction of sp³-hybridized carbons (Fsp3) is 0.333. The zero-order valence-electron chi connectivity index (χ0n) is 10.6. The molecule has 0 heterocycles. The minimum Gasteiger partial charge on any atom is -0.197 e. The molecule has 0 amide bonds. The van der Waals surface area contributed by atoms with Crippen molar-refractivity contribution >= 4 is 17.2 Å². The molecule has 0 aliphatic rings. The zero-order chi connectivity index (χ0) is 13.8. The van der Waals surface area contributed by atoms with E-state index in [1.54, 1.807) is 12.1 Å². The normalized spacial score (nSPS) is 10.8. The molecule has 0 radical (unpaired) electrons. The Balaban J connectivity index is 3.01. The highest BCUT2D eigenvalue weighted by Crippen LogP contribution is 2.36. The number of nitrogens with zero attached hydrogens (tertiary/aromatic N) is 2. The number of halogens is 1. The number of hydrogen-bond acceptors (Lipinski definition) is 2. The maximum Gasteiger partial charge on any atom is 0.150 e. The average Bonchev–Trinajstić information content (AvgIpc) is 2.35. The maximum absolute atomic E-state index is 9.26. The number of allylic oxidation sites excluding steroid dienone is 1. The minimum absolute atomic E-state index is 0.0524. The third kappa shape index (κ3) is 2.92. The fourth-order valence-electron chi connectivity index (χ4n) is 1.71. The van der Waals surface area contributed by atoms with Gasteiger partial charge >= 0.3 is 0 Å². The molecule has 0 fully saturated rings. The quantitative estimate of drug-likeness (QED) is 0.802. The molecular formula is C15H15ClN2. The van der Waals surface area contributed by atoms with E-state index in [9.17, 15) is 10.5 Å². The molecule has 0 atom stereocenters. The molecule has 1 aromatic rings. The highest BCUT2D eigenvalue weighted by molar-refractivity contribution is 6.30. The summed E-state index contributed by atoms with van der Waals surface area (Å²) < 4.78 is 0. The van der Waals surface area contributed by atoms with Crippen LogP contribution in [0.1, 0.15) is 25.8 Å². The van der Waals surface area contributed by atoms with Crippen LogP contribution in [0.25, 0.3) is 5.57 Å². The predicted molar refractivity (Wildman–Crippen MR) is 73.6 cm³/mol. The molecule has 1 aromatic carbocycles. The van der Waals surface area contributed by atoms with Gasteiger partial charge in [0.1, 0.15) is 5.41 Å². The first-order chi connectivity index (χ1) is 8.45. The van der Waals surface area contributed by atoms with Gasteiger partial charge in [0.15, 0.2) is 0 Å². The lowest BCUT2D eigenvalue weighted by molar-refractivity contribution is 0.378. The highest BCUT2D eigenvalue weighted by atomic mass is 35.5. The maximum atomic E-state index is 9.26. The Labute approximate surface area is 113 Å². The molecule has 0 aromatic heterocycles. The first-order valence-corrected chi connectivity index (χ1v) is 6.09. The molecule has 92 valence electrons. The van der Waals surface area contributed by atoms with Crippen LogP contribution in [0.15, 0.2) is 30.8 Å². The van der Waals surface area contributed by atoms with E-state index in [0.29, 0.717) is 11.4 Å². The van der Waals surface area contributed by atoms with Crippen molar-refractivity contribution in [3.8, 4) is 12.1 Å². The van der Waals surface area contributed by atoms with Crippen LogP contribution in [0, 0.1) is 34.0 Å². The van der Waals surface area contributed by atoms with Crippen molar-refractivity contribution < 1.29 is 0 Å². The van der Waals surface area contributed by atoms with Crippen LogP contribution in [-0.4, -0.2) is 0 Å². The SMILES string of the molecule is C=C(CC(C#N)(C#N)C(C)C)c1cccc(Cl)c1. The van der Waals surface area contributed by atoms with Gasteiger partial charge in [0.25, 0.3) is 0 Å². The van der Waals surface area contributed by atoms with Gasteiger partial charge in [0.2, 0.25) is 0 Å². The summed E-state index contributed by atoms with van der Waals surface area (Å²) in [7, 11) is 0. The fourth-order valence-corrected chi connectivity index (χ4v) is 1.90. The molecule has 18 heavy (non-hydrogen) atoms. The van der Waals surface area contributed by atoms with E-state index in [2.05, 4.69) is 18.7 Å². The van der Waals surface area contributed by atoms with Gasteiger partial charge in [-0.05, 0) is 29.2 Å². The molecule has 0 aliphatic carbocycles. The molecule has 0 aliphatic heterocycles. The van der Waals surface area contributed by atoms with Crippen molar-refractivity contribution in [2.45, 2.75) is 20.3 Å². The second-order valence-corrected chi connectivity index (χ2v) is 5.08. The van der Waals surface area contributed by atoms with E-state index in [4.69, 9.17) is 11.6 Å². The minimum atomic E-state index is -1.03. The van der Waals surface area contributed by atoms with Gasteiger partial charge in [-0.1, -0.05) is 44.2 Å². The van der Waals surface area contributed by atoms with Gasteiger partial charge in [-0.25, -0.2) is 0 Å². The molecule has 0 unspecified atom stereocenters. The molecule has 2 nitrogen and oxygen atoms in total. The third-order valence-electron chi connectivity index (χ3n) is 3.11. The molecule has 0 bridgehead atoms. The van der Waals surface area contributed by atoms with Gasteiger partial charge < -0.3 is 0 Å². The third-order valence-corrected chi connectivity index (χ3v) is 3.34. The first-order valence-electron chi connectivity index (χ1n) is 5.71. The lowest BCUT2D eigenvalue weighted by Crippen LogP contribution is -2.23. The van der Waals surface area contributed by atoms with Crippen LogP contribution in [0.2, 0.25) is 5.02 Å². The summed E-state index contributed by atoms with van der Waals surface area (Å²) in [6.45, 7) is 7.71. The second-order valence-electron chi connectivity index (χ2n) is 4.64. The summed E-state index contributed by atoms with van der Waals surface area (Å²) >= 11 is 5.92. The van der Waals surface area contributed by atoms with Crippen molar-refractivity contribution in [2.75, 3.05) is 0 Å². The molecular weight excluding hydrogens is 244 g/mol. The van der Waals surface area contributed by atoms with Crippen LogP contribution in [0.5, 0.6) is 0 Å². The van der Waals surface area contributed by atoms with Crippen LogP contribution in [-0.2, 0) is 0 Å². The standard InChI is InChI=1S/C15H15ClN2/c1-11(2)15(9-17,10-18)8-12(3)13-5-4-6-14(16)7-13/h4-7,11H,3,8H2,1-2H3. The topological polar surface area (TPSA) is 47.6 Å². The summed E-state index contributed by atoms with van der Waals surface area (Å²) in [5.41, 5.74) is 0.603. The van der Waals surface area contributed by atoms with E-state index in [1.165, 1.54) is 0 Å². The summed E-state index contributed by atoms with van der Waals surface area (Å²) in [5, 5.41) is 19.1. The smallest absolute Gasteiger partial charge is 0.150 e. The summed E-state index contributed by atoms with van der Waals surface area (Å²) in [5.74, 6) is -0.0524. The lowest BCUT2D eigenvalue weighted by atomic mass is 9.74. The Morgan fingerprint density at radius 2 is 2.00 bits per heavy atom. The van der Waals surface area contributed by atoms with Gasteiger partial charge in [-0.15, -0.1) is 0 Å². The van der Waals surface area contributed by atoms with Crippen molar-refractivity contribution in [3.05, 3.63) is 41.4 Å². The van der Waals surface area contributed by atoms with Gasteiger partial charge in [0.05, 0.1) is 12.1 Å². The van der Waals surface area contributed by atoms with Crippen molar-refractivity contribution in [2.24, 2.45) is 11.3 Å². The Hall–Kier alpha value is -1.77. The summed E-state index contributed by atoms with van der Waals surface area (Å²) in [6.07, 6.45) is 0.331. The van der Waals surface area contributed by atoms with Crippen LogP contribution >= 0.6 is 11.6 Å². The van der Waals surface area contributed by atoms with Crippen molar-refractivity contribution in [1.29, 1.82) is 10.5 Å². The van der Waals surface area contributed by atoms with E-state index < -0.39 is 5.41 Å². The Morgan fingerprint density at radius 3 is 2.44 bits per heavy atom. The molecule has 0 saturated heterocycles. The van der Waals surface area contributed by atoms with Crippen LogP contribution < -0.4 is 0 Å². The molecule has 1 rings (SSSR count). The van der Waals surface area contributed by atoms with Gasteiger partial charge in [-0.2, -0.15) is 10.5 Å². The summed E-state index contributed by atoms with van der Waals surface area (Å²) in [6, 6.07) is 11.5. The Morgan fingerprint density at radius 1 is 1.39 bits per heavy atom. The van der Waals surface area contributed by atoms with Crippen LogP contribution in [0.3, 0.4) is 0 Å². The van der Waals surface area contributed by atoms with Gasteiger partial charge in [0, 0.05) is 11.4 Å². The van der Waals surface area contributed by atoms with E-state index in [1.807, 2.05) is 26.0 Å². The summed E-state index contributed by atoms with van der Waals surface area (Å²) in [4.78, 5) is 0. The monoisotopic (exact) mass is 258 g/mol. The van der Waals surface area contributed by atoms with E-state index in [0.717, 1.165) is 11.1 Å². The van der Waals surface area contributed by atoms with Crippen molar-refractivity contribution in [3.63, 3.8) is 0 Å². The lowest BCUT2D eigenvalue weighted by Gasteiger charge is -2.23. The average molecular weight is 259 g/mol. The van der Waals surface area contributed by atoms with Crippen molar-refractivity contribution in [1.82, 2.24) is 0 Å². The number of hydrogen-bond donors (Lipinski definition) is 0. The highest BCUT2D eigenvalue weighted by Gasteiger charge is 2.34. The Bertz CT molecular complexity index is 518. The van der Waals surface area contributed by atoms with Gasteiger partial charge in [-0.3, -0.25) is 0 Å². The molecule has 0 N–H and O–H groups in total. The van der Waals surface area contributed by atoms with E-state index >= 15 is 0 Å². The molecule has 0 spiro atoms. The number of rotatable bonds is 4. The van der Waals surface area contributed by atoms with Crippen LogP contribution in [0.4, 0.5) is 0 Å².